The molecule has 0 atom stereocenters. The Labute approximate surface area is 153 Å². The fourth-order valence-electron chi connectivity index (χ4n) is 1.88. The highest BCUT2D eigenvalue weighted by Gasteiger charge is 2.14. The van der Waals surface area contributed by atoms with Gasteiger partial charge in [0.25, 0.3) is 5.91 Å². The number of hydrogen-bond donors (Lipinski definition) is 2. The number of hydrazone groups is 1. The zero-order valence-corrected chi connectivity index (χ0v) is 13.9. The Kier molecular flexibility index (Phi) is 6.83. The van der Waals surface area contributed by atoms with Gasteiger partial charge in [-0.1, -0.05) is 12.1 Å². The van der Waals surface area contributed by atoms with E-state index in [4.69, 9.17) is 14.6 Å². The minimum Gasteiger partial charge on any atom is -0.482 e. The van der Waals surface area contributed by atoms with Crippen molar-refractivity contribution in [2.24, 2.45) is 5.10 Å². The molecule has 0 spiro atoms. The molecule has 0 saturated carbocycles. The van der Waals surface area contributed by atoms with Gasteiger partial charge >= 0.3 is 11.7 Å². The maximum absolute atomic E-state index is 11.7. The summed E-state index contributed by atoms with van der Waals surface area (Å²) in [5.74, 6) is -1.30. The van der Waals surface area contributed by atoms with Crippen LogP contribution in [-0.2, 0) is 9.59 Å². The smallest absolute Gasteiger partial charge is 0.341 e. The first-order chi connectivity index (χ1) is 13.0. The van der Waals surface area contributed by atoms with Gasteiger partial charge < -0.3 is 14.6 Å². The number of nitrogens with zero attached hydrogens (tertiary/aromatic N) is 2. The van der Waals surface area contributed by atoms with Crippen molar-refractivity contribution in [1.29, 1.82) is 0 Å². The van der Waals surface area contributed by atoms with Crippen LogP contribution in [0.2, 0.25) is 0 Å². The Bertz CT molecular complexity index is 850. The number of amides is 1. The van der Waals surface area contributed by atoms with Crippen molar-refractivity contribution in [3.05, 3.63) is 64.2 Å². The standard InChI is InChI=1S/C17H15N3O7/c21-16(10-27-15-4-2-1-3-14(15)20(24)25)19-18-9-12-5-7-13(8-6-12)26-11-17(22)23/h1-9H,10-11H2,(H,19,21)(H,22,23)/b18-9-. The highest BCUT2D eigenvalue weighted by molar-refractivity contribution is 5.83. The number of para-hydroxylation sites is 2. The predicted molar refractivity (Wildman–Crippen MR) is 93.9 cm³/mol. The molecule has 0 aliphatic carbocycles. The third kappa shape index (κ3) is 6.46. The lowest BCUT2D eigenvalue weighted by atomic mass is 10.2. The van der Waals surface area contributed by atoms with Crippen molar-refractivity contribution in [2.45, 2.75) is 0 Å². The molecule has 0 saturated heterocycles. The van der Waals surface area contributed by atoms with Crippen molar-refractivity contribution in [3.8, 4) is 11.5 Å². The van der Waals surface area contributed by atoms with Crippen LogP contribution in [0.3, 0.4) is 0 Å². The van der Waals surface area contributed by atoms with Crippen molar-refractivity contribution in [3.63, 3.8) is 0 Å². The molecule has 140 valence electrons. The van der Waals surface area contributed by atoms with E-state index in [2.05, 4.69) is 10.5 Å². The van der Waals surface area contributed by atoms with Gasteiger partial charge in [-0.2, -0.15) is 5.10 Å². The Morgan fingerprint density at radius 2 is 1.81 bits per heavy atom. The summed E-state index contributed by atoms with van der Waals surface area (Å²) >= 11 is 0. The molecule has 0 aliphatic heterocycles. The first-order valence-electron chi connectivity index (χ1n) is 7.58. The van der Waals surface area contributed by atoms with Crippen molar-refractivity contribution >= 4 is 23.8 Å². The number of carbonyl (C=O) groups is 2. The van der Waals surface area contributed by atoms with E-state index in [1.807, 2.05) is 0 Å². The van der Waals surface area contributed by atoms with Crippen molar-refractivity contribution in [1.82, 2.24) is 5.43 Å². The number of nitrogens with one attached hydrogen (secondary N) is 1. The van der Waals surface area contributed by atoms with Crippen LogP contribution in [0.4, 0.5) is 5.69 Å². The molecule has 0 radical (unpaired) electrons. The van der Waals surface area contributed by atoms with E-state index in [1.54, 1.807) is 30.3 Å². The number of rotatable bonds is 9. The van der Waals surface area contributed by atoms with Gasteiger partial charge in [-0.15, -0.1) is 0 Å². The van der Waals surface area contributed by atoms with Gasteiger partial charge in [0.15, 0.2) is 19.0 Å². The lowest BCUT2D eigenvalue weighted by molar-refractivity contribution is -0.385. The number of carbonyl (C=O) groups excluding carboxylic acids is 1. The van der Waals surface area contributed by atoms with Gasteiger partial charge in [0.05, 0.1) is 11.1 Å². The monoisotopic (exact) mass is 373 g/mol. The summed E-state index contributed by atoms with van der Waals surface area (Å²) in [6.45, 7) is -0.882. The first kappa shape index (κ1) is 19.4. The summed E-state index contributed by atoms with van der Waals surface area (Å²) in [7, 11) is 0. The summed E-state index contributed by atoms with van der Waals surface area (Å²) in [5.41, 5.74) is 2.63. The molecule has 0 aliphatic rings. The zero-order valence-electron chi connectivity index (χ0n) is 13.9. The molecule has 0 heterocycles. The molecule has 0 unspecified atom stereocenters. The molecule has 0 aromatic heterocycles. The zero-order chi connectivity index (χ0) is 19.6. The SMILES string of the molecule is O=C(O)COc1ccc(/C=N\NC(=O)COc2ccccc2[N+](=O)[O-])cc1. The normalized spacial score (nSPS) is 10.4. The average Bonchev–Trinajstić information content (AvgIpc) is 2.66. The molecule has 0 fully saturated rings. The number of hydrogen-bond acceptors (Lipinski definition) is 7. The van der Waals surface area contributed by atoms with Crippen molar-refractivity contribution < 1.29 is 29.1 Å². The highest BCUT2D eigenvalue weighted by Crippen LogP contribution is 2.25. The number of nitro groups is 1. The quantitative estimate of drug-likeness (QED) is 0.386. The number of aliphatic carboxylic acids is 1. The molecule has 2 rings (SSSR count). The molecule has 10 nitrogen and oxygen atoms in total. The minimum absolute atomic E-state index is 0.0152. The highest BCUT2D eigenvalue weighted by atomic mass is 16.6. The molecule has 2 N–H and O–H groups in total. The fraction of sp³-hybridized carbons (Fsp3) is 0.118. The van der Waals surface area contributed by atoms with Gasteiger partial charge in [0.1, 0.15) is 5.75 Å². The van der Waals surface area contributed by atoms with E-state index in [-0.39, 0.29) is 11.4 Å². The van der Waals surface area contributed by atoms with Crippen LogP contribution in [0.25, 0.3) is 0 Å². The second-order valence-electron chi connectivity index (χ2n) is 5.06. The fourth-order valence-corrected chi connectivity index (χ4v) is 1.88. The van der Waals surface area contributed by atoms with E-state index in [1.165, 1.54) is 24.4 Å². The third-order valence-electron chi connectivity index (χ3n) is 3.07. The number of carboxylic acid groups (broad SMARTS) is 1. The maximum Gasteiger partial charge on any atom is 0.341 e. The summed E-state index contributed by atoms with van der Waals surface area (Å²) in [4.78, 5) is 32.4. The molecular formula is C17H15N3O7. The van der Waals surface area contributed by atoms with Crippen LogP contribution in [0.15, 0.2) is 53.6 Å². The molecule has 0 bridgehead atoms. The van der Waals surface area contributed by atoms with Crippen LogP contribution >= 0.6 is 0 Å². The Morgan fingerprint density at radius 3 is 2.48 bits per heavy atom. The molecule has 10 heteroatoms. The van der Waals surface area contributed by atoms with Crippen molar-refractivity contribution in [2.75, 3.05) is 13.2 Å². The van der Waals surface area contributed by atoms with Gasteiger partial charge in [-0.25, -0.2) is 10.2 Å². The van der Waals surface area contributed by atoms with Crippen LogP contribution in [0, 0.1) is 10.1 Å². The van der Waals surface area contributed by atoms with Gasteiger partial charge in [-0.05, 0) is 35.9 Å². The first-order valence-corrected chi connectivity index (χ1v) is 7.58. The molecule has 27 heavy (non-hydrogen) atoms. The average molecular weight is 373 g/mol. The van der Waals surface area contributed by atoms with E-state index in [9.17, 15) is 19.7 Å². The predicted octanol–water partition coefficient (Wildman–Crippen LogP) is 1.59. The molecule has 2 aromatic rings. The van der Waals surface area contributed by atoms with Gasteiger partial charge in [-0.3, -0.25) is 14.9 Å². The molecule has 1 amide bonds. The lowest BCUT2D eigenvalue weighted by Crippen LogP contribution is -2.24. The van der Waals surface area contributed by atoms with E-state index in [0.29, 0.717) is 11.3 Å². The number of benzene rings is 2. The lowest BCUT2D eigenvalue weighted by Gasteiger charge is -2.05. The van der Waals surface area contributed by atoms with E-state index >= 15 is 0 Å². The van der Waals surface area contributed by atoms with Gasteiger partial charge in [0.2, 0.25) is 0 Å². The van der Waals surface area contributed by atoms with E-state index < -0.39 is 30.0 Å². The van der Waals surface area contributed by atoms with Gasteiger partial charge in [0, 0.05) is 6.07 Å². The largest absolute Gasteiger partial charge is 0.482 e. The Hall–Kier alpha value is -3.95. The minimum atomic E-state index is -1.08. The van der Waals surface area contributed by atoms with Crippen LogP contribution in [0.1, 0.15) is 5.56 Å². The number of ether oxygens (including phenoxy) is 2. The summed E-state index contributed by atoms with van der Waals surface area (Å²) in [6, 6.07) is 12.1. The Morgan fingerprint density at radius 1 is 1.11 bits per heavy atom. The summed E-state index contributed by atoms with van der Waals surface area (Å²) in [5, 5.41) is 23.1. The number of carboxylic acids is 1. The second kappa shape index (κ2) is 9.51. The second-order valence-corrected chi connectivity index (χ2v) is 5.06. The topological polar surface area (TPSA) is 140 Å². The van der Waals surface area contributed by atoms with Crippen LogP contribution in [-0.4, -0.2) is 41.3 Å². The summed E-state index contributed by atoms with van der Waals surface area (Å²) in [6.07, 6.45) is 1.36. The van der Waals surface area contributed by atoms with Crippen LogP contribution in [0.5, 0.6) is 11.5 Å². The maximum atomic E-state index is 11.7. The summed E-state index contributed by atoms with van der Waals surface area (Å²) < 4.78 is 10.1. The van der Waals surface area contributed by atoms with E-state index in [0.717, 1.165) is 0 Å². The number of nitro benzene ring substituents is 1. The molecule has 2 aromatic carbocycles. The third-order valence-corrected chi connectivity index (χ3v) is 3.07. The molecular weight excluding hydrogens is 358 g/mol. The Balaban J connectivity index is 1.81. The van der Waals surface area contributed by atoms with Crippen LogP contribution < -0.4 is 14.9 Å².